The van der Waals surface area contributed by atoms with Gasteiger partial charge in [-0.15, -0.1) is 0 Å². The summed E-state index contributed by atoms with van der Waals surface area (Å²) in [6, 6.07) is 13.3. The lowest BCUT2D eigenvalue weighted by Crippen LogP contribution is -2.10. The molecule has 0 radical (unpaired) electrons. The van der Waals surface area contributed by atoms with Gasteiger partial charge in [-0.25, -0.2) is 4.79 Å². The van der Waals surface area contributed by atoms with Gasteiger partial charge in [0, 0.05) is 18.2 Å². The highest BCUT2D eigenvalue weighted by atomic mass is 79.9. The van der Waals surface area contributed by atoms with Crippen molar-refractivity contribution in [2.75, 3.05) is 0 Å². The zero-order valence-electron chi connectivity index (χ0n) is 16.8. The smallest absolute Gasteiger partial charge is 0.344 e. The molecule has 0 bridgehead atoms. The van der Waals surface area contributed by atoms with E-state index in [2.05, 4.69) is 15.9 Å². The highest BCUT2D eigenvalue weighted by molar-refractivity contribution is 9.10. The molecule has 0 unspecified atom stereocenters. The number of carbonyl (C=O) groups excluding carboxylic acids is 1. The van der Waals surface area contributed by atoms with E-state index >= 15 is 0 Å². The maximum atomic E-state index is 12.8. The van der Waals surface area contributed by atoms with Crippen LogP contribution in [0.15, 0.2) is 80.6 Å². The normalized spacial score (nSPS) is 10.6. The van der Waals surface area contributed by atoms with Crippen molar-refractivity contribution in [3.63, 3.8) is 0 Å². The number of nitro benzene ring substituents is 2. The number of ether oxygens (including phenoxy) is 2. The minimum Gasteiger partial charge on any atom is -0.460 e. The molecule has 0 amide bonds. The summed E-state index contributed by atoms with van der Waals surface area (Å²) in [5.41, 5.74) is -2.05. The van der Waals surface area contributed by atoms with Crippen molar-refractivity contribution >= 4 is 44.2 Å². The molecular weight excluding hydrogens is 516 g/mol. The van der Waals surface area contributed by atoms with Gasteiger partial charge in [-0.2, -0.15) is 0 Å². The molecule has 0 N–H and O–H groups in total. The van der Waals surface area contributed by atoms with Gasteiger partial charge in [0.05, 0.1) is 31.3 Å². The molecule has 12 heteroatoms. The van der Waals surface area contributed by atoms with Crippen molar-refractivity contribution in [1.82, 2.24) is 0 Å². The fourth-order valence-corrected chi connectivity index (χ4v) is 3.33. The fourth-order valence-electron chi connectivity index (χ4n) is 2.96. The number of hydrogen-bond acceptors (Lipinski definition) is 9. The van der Waals surface area contributed by atoms with Crippen LogP contribution in [0.5, 0.6) is 17.2 Å². The van der Waals surface area contributed by atoms with Gasteiger partial charge in [-0.3, -0.25) is 25.0 Å². The van der Waals surface area contributed by atoms with E-state index < -0.39 is 32.6 Å². The van der Waals surface area contributed by atoms with Crippen molar-refractivity contribution < 1.29 is 28.5 Å². The van der Waals surface area contributed by atoms with Gasteiger partial charge < -0.3 is 13.9 Å². The molecule has 0 saturated heterocycles. The SMILES string of the molecule is O=C(Oc1ccc2c(=O)c(Oc3ccccc3Br)coc2c1)c1cc([N+](=O)[O-])cc([N+](=O)[O-])c1. The maximum absolute atomic E-state index is 12.8. The van der Waals surface area contributed by atoms with E-state index in [0.29, 0.717) is 10.2 Å². The first-order valence-electron chi connectivity index (χ1n) is 9.37. The van der Waals surface area contributed by atoms with E-state index in [9.17, 15) is 29.8 Å². The highest BCUT2D eigenvalue weighted by Gasteiger charge is 2.21. The predicted molar refractivity (Wildman–Crippen MR) is 121 cm³/mol. The van der Waals surface area contributed by atoms with Gasteiger partial charge in [0.25, 0.3) is 11.4 Å². The highest BCUT2D eigenvalue weighted by Crippen LogP contribution is 2.30. The minimum absolute atomic E-state index is 0.0470. The Morgan fingerprint density at radius 3 is 2.24 bits per heavy atom. The van der Waals surface area contributed by atoms with E-state index in [1.807, 2.05) is 0 Å². The fraction of sp³-hybridized carbons (Fsp3) is 0. The van der Waals surface area contributed by atoms with E-state index in [1.165, 1.54) is 18.2 Å². The van der Waals surface area contributed by atoms with Crippen molar-refractivity contribution in [2.24, 2.45) is 0 Å². The second-order valence-corrected chi connectivity index (χ2v) is 7.62. The van der Waals surface area contributed by atoms with E-state index in [4.69, 9.17) is 13.9 Å². The first kappa shape index (κ1) is 22.6. The summed E-state index contributed by atoms with van der Waals surface area (Å²) in [4.78, 5) is 45.6. The molecule has 1 aromatic heterocycles. The van der Waals surface area contributed by atoms with Gasteiger partial charge in [-0.1, -0.05) is 12.1 Å². The third-order valence-electron chi connectivity index (χ3n) is 4.54. The van der Waals surface area contributed by atoms with Crippen molar-refractivity contribution in [3.05, 3.63) is 107 Å². The van der Waals surface area contributed by atoms with Crippen LogP contribution in [0.1, 0.15) is 10.4 Å². The Morgan fingerprint density at radius 1 is 0.912 bits per heavy atom. The topological polar surface area (TPSA) is 152 Å². The first-order chi connectivity index (χ1) is 16.2. The molecule has 0 atom stereocenters. The number of nitrogens with zero attached hydrogens (tertiary/aromatic N) is 2. The number of carbonyl (C=O) groups is 1. The van der Waals surface area contributed by atoms with Gasteiger partial charge in [-0.05, 0) is 40.2 Å². The summed E-state index contributed by atoms with van der Waals surface area (Å²) in [5.74, 6) is -0.768. The zero-order chi connectivity index (χ0) is 24.4. The first-order valence-corrected chi connectivity index (χ1v) is 10.2. The molecule has 170 valence electrons. The Labute approximate surface area is 197 Å². The van der Waals surface area contributed by atoms with Gasteiger partial charge in [0.2, 0.25) is 11.2 Å². The molecule has 4 rings (SSSR count). The Bertz CT molecular complexity index is 1500. The van der Waals surface area contributed by atoms with Crippen LogP contribution in [-0.4, -0.2) is 15.8 Å². The number of fused-ring (bicyclic) bond motifs is 1. The van der Waals surface area contributed by atoms with E-state index in [-0.39, 0.29) is 28.0 Å². The number of nitro groups is 2. The van der Waals surface area contributed by atoms with Crippen LogP contribution in [0.3, 0.4) is 0 Å². The Kier molecular flexibility index (Phi) is 6.06. The Balaban J connectivity index is 1.62. The molecule has 0 spiro atoms. The Morgan fingerprint density at radius 2 is 1.59 bits per heavy atom. The second-order valence-electron chi connectivity index (χ2n) is 6.76. The Hall–Kier alpha value is -4.58. The van der Waals surface area contributed by atoms with Gasteiger partial charge in [0.1, 0.15) is 23.3 Å². The molecule has 4 aromatic rings. The molecule has 0 aliphatic rings. The quantitative estimate of drug-likeness (QED) is 0.139. The van der Waals surface area contributed by atoms with Crippen LogP contribution >= 0.6 is 15.9 Å². The molecule has 11 nitrogen and oxygen atoms in total. The number of benzene rings is 3. The molecule has 0 saturated carbocycles. The monoisotopic (exact) mass is 526 g/mol. The zero-order valence-corrected chi connectivity index (χ0v) is 18.4. The number of non-ortho nitro benzene ring substituents is 2. The summed E-state index contributed by atoms with van der Waals surface area (Å²) in [5, 5.41) is 22.2. The number of halogens is 1. The molecule has 34 heavy (non-hydrogen) atoms. The summed E-state index contributed by atoms with van der Waals surface area (Å²) >= 11 is 3.32. The molecule has 3 aromatic carbocycles. The number of hydrogen-bond donors (Lipinski definition) is 0. The third kappa shape index (κ3) is 4.61. The lowest BCUT2D eigenvalue weighted by molar-refractivity contribution is -0.394. The van der Waals surface area contributed by atoms with Crippen molar-refractivity contribution in [3.8, 4) is 17.2 Å². The lowest BCUT2D eigenvalue weighted by atomic mass is 10.1. The molecule has 1 heterocycles. The molecule has 0 fully saturated rings. The number of para-hydroxylation sites is 1. The average Bonchev–Trinajstić information content (AvgIpc) is 2.81. The second kappa shape index (κ2) is 9.11. The third-order valence-corrected chi connectivity index (χ3v) is 5.20. The number of esters is 1. The number of rotatable bonds is 6. The standard InChI is InChI=1S/C22H11BrN2O9/c23-17-3-1-2-4-18(17)34-20-11-32-19-10-15(5-6-16(19)21(20)26)33-22(27)12-7-13(24(28)29)9-14(8-12)25(30)31/h1-11H. The summed E-state index contributed by atoms with van der Waals surface area (Å²) in [6.07, 6.45) is 1.11. The van der Waals surface area contributed by atoms with Crippen LogP contribution < -0.4 is 14.9 Å². The van der Waals surface area contributed by atoms with E-state index in [0.717, 1.165) is 24.5 Å². The van der Waals surface area contributed by atoms with Crippen LogP contribution in [0.4, 0.5) is 11.4 Å². The van der Waals surface area contributed by atoms with Crippen LogP contribution in [-0.2, 0) is 0 Å². The molecule has 0 aliphatic carbocycles. The van der Waals surface area contributed by atoms with Crippen LogP contribution in [0, 0.1) is 20.2 Å². The van der Waals surface area contributed by atoms with Crippen molar-refractivity contribution in [1.29, 1.82) is 0 Å². The van der Waals surface area contributed by atoms with E-state index in [1.54, 1.807) is 24.3 Å². The summed E-state index contributed by atoms with van der Waals surface area (Å²) < 4.78 is 16.9. The summed E-state index contributed by atoms with van der Waals surface area (Å²) in [7, 11) is 0. The summed E-state index contributed by atoms with van der Waals surface area (Å²) in [6.45, 7) is 0. The molecular formula is C22H11BrN2O9. The maximum Gasteiger partial charge on any atom is 0.344 e. The predicted octanol–water partition coefficient (Wildman–Crippen LogP) is 5.38. The lowest BCUT2D eigenvalue weighted by Gasteiger charge is -2.08. The average molecular weight is 527 g/mol. The van der Waals surface area contributed by atoms with Crippen molar-refractivity contribution in [2.45, 2.75) is 0 Å². The van der Waals surface area contributed by atoms with Gasteiger partial charge >= 0.3 is 5.97 Å². The minimum atomic E-state index is -1.07. The van der Waals surface area contributed by atoms with Crippen LogP contribution in [0.25, 0.3) is 11.0 Å². The van der Waals surface area contributed by atoms with Crippen LogP contribution in [0.2, 0.25) is 0 Å². The van der Waals surface area contributed by atoms with Gasteiger partial charge in [0.15, 0.2) is 0 Å². The largest absolute Gasteiger partial charge is 0.460 e. The molecule has 0 aliphatic heterocycles.